The normalized spacial score (nSPS) is 15.7. The highest BCUT2D eigenvalue weighted by Crippen LogP contribution is 2.36. The Labute approximate surface area is 175 Å². The number of rotatable bonds is 6. The van der Waals surface area contributed by atoms with Gasteiger partial charge in [0.1, 0.15) is 11.5 Å². The van der Waals surface area contributed by atoms with Gasteiger partial charge in [-0.25, -0.2) is 0 Å². The molecule has 1 fully saturated rings. The maximum atomic E-state index is 12.7. The average Bonchev–Trinajstić information content (AvgIpc) is 3.14. The van der Waals surface area contributed by atoms with Crippen molar-refractivity contribution in [2.45, 2.75) is 6.42 Å². The highest BCUT2D eigenvalue weighted by atomic mass is 16.5. The van der Waals surface area contributed by atoms with Gasteiger partial charge in [0.15, 0.2) is 0 Å². The van der Waals surface area contributed by atoms with Crippen LogP contribution in [0.5, 0.6) is 11.5 Å². The largest absolute Gasteiger partial charge is 0.497 e. The van der Waals surface area contributed by atoms with Gasteiger partial charge in [0.05, 0.1) is 25.8 Å². The van der Waals surface area contributed by atoms with Crippen molar-refractivity contribution < 1.29 is 23.9 Å². The topological polar surface area (TPSA) is 88.2 Å². The standard InChI is InChI=1S/C22H25N3O5/c1-24(2)22(28)14-5-7-16(8-6-14)23-21(27)15-11-20(26)25(13-15)18-12-17(29-3)9-10-19(18)30-4/h5-10,12,15H,11,13H2,1-4H3,(H,23,27). The van der Waals surface area contributed by atoms with Gasteiger partial charge in [-0.05, 0) is 36.4 Å². The van der Waals surface area contributed by atoms with Gasteiger partial charge in [-0.2, -0.15) is 0 Å². The van der Waals surface area contributed by atoms with Gasteiger partial charge in [0.25, 0.3) is 5.91 Å². The minimum Gasteiger partial charge on any atom is -0.497 e. The molecular weight excluding hydrogens is 386 g/mol. The predicted molar refractivity (Wildman–Crippen MR) is 113 cm³/mol. The molecule has 1 aliphatic rings. The summed E-state index contributed by atoms with van der Waals surface area (Å²) in [5, 5.41) is 2.82. The Bertz CT molecular complexity index is 956. The number of amides is 3. The van der Waals surface area contributed by atoms with E-state index in [1.54, 1.807) is 68.6 Å². The first-order chi connectivity index (χ1) is 14.3. The molecule has 0 radical (unpaired) electrons. The number of nitrogens with one attached hydrogen (secondary N) is 1. The van der Waals surface area contributed by atoms with Gasteiger partial charge in [0, 0.05) is 44.4 Å². The Balaban J connectivity index is 1.71. The van der Waals surface area contributed by atoms with Gasteiger partial charge in [-0.15, -0.1) is 0 Å². The Morgan fingerprint density at radius 3 is 2.37 bits per heavy atom. The maximum absolute atomic E-state index is 12.7. The van der Waals surface area contributed by atoms with E-state index in [1.807, 2.05) is 0 Å². The molecule has 158 valence electrons. The second-order valence-corrected chi connectivity index (χ2v) is 7.21. The molecule has 3 rings (SSSR count). The Morgan fingerprint density at radius 2 is 1.77 bits per heavy atom. The summed E-state index contributed by atoms with van der Waals surface area (Å²) in [5.41, 5.74) is 1.68. The van der Waals surface area contributed by atoms with Crippen LogP contribution < -0.4 is 19.7 Å². The van der Waals surface area contributed by atoms with Crippen LogP contribution in [0.4, 0.5) is 11.4 Å². The quantitative estimate of drug-likeness (QED) is 0.789. The summed E-state index contributed by atoms with van der Waals surface area (Å²) < 4.78 is 10.6. The van der Waals surface area contributed by atoms with E-state index in [0.29, 0.717) is 28.4 Å². The van der Waals surface area contributed by atoms with Crippen molar-refractivity contribution in [3.8, 4) is 11.5 Å². The molecule has 2 aromatic carbocycles. The lowest BCUT2D eigenvalue weighted by molar-refractivity contribution is -0.122. The minimum atomic E-state index is -0.503. The molecule has 1 N–H and O–H groups in total. The van der Waals surface area contributed by atoms with Crippen LogP contribution in [0.15, 0.2) is 42.5 Å². The van der Waals surface area contributed by atoms with Crippen molar-refractivity contribution in [2.24, 2.45) is 5.92 Å². The van der Waals surface area contributed by atoms with Crippen LogP contribution in [0.2, 0.25) is 0 Å². The van der Waals surface area contributed by atoms with Crippen molar-refractivity contribution in [2.75, 3.05) is 45.1 Å². The molecule has 0 aromatic heterocycles. The number of hydrogen-bond donors (Lipinski definition) is 1. The SMILES string of the molecule is COc1ccc(OC)c(N2CC(C(=O)Nc3ccc(C(=O)N(C)C)cc3)CC2=O)c1. The zero-order valence-electron chi connectivity index (χ0n) is 17.5. The molecule has 0 bridgehead atoms. The van der Waals surface area contributed by atoms with E-state index in [2.05, 4.69) is 5.32 Å². The predicted octanol–water partition coefficient (Wildman–Crippen LogP) is 2.40. The lowest BCUT2D eigenvalue weighted by atomic mass is 10.1. The molecule has 8 nitrogen and oxygen atoms in total. The first-order valence-corrected chi connectivity index (χ1v) is 9.49. The number of carbonyl (C=O) groups excluding carboxylic acids is 3. The van der Waals surface area contributed by atoms with E-state index in [0.717, 1.165) is 0 Å². The number of anilines is 2. The second kappa shape index (κ2) is 8.86. The molecule has 1 aliphatic heterocycles. The summed E-state index contributed by atoms with van der Waals surface area (Å²) >= 11 is 0. The molecule has 3 amide bonds. The van der Waals surface area contributed by atoms with E-state index < -0.39 is 5.92 Å². The molecule has 1 heterocycles. The maximum Gasteiger partial charge on any atom is 0.253 e. The fraction of sp³-hybridized carbons (Fsp3) is 0.318. The van der Waals surface area contributed by atoms with E-state index in [1.165, 1.54) is 12.0 Å². The summed E-state index contributed by atoms with van der Waals surface area (Å²) in [6, 6.07) is 11.9. The third-order valence-corrected chi connectivity index (χ3v) is 4.98. The molecule has 0 saturated carbocycles. The van der Waals surface area contributed by atoms with Gasteiger partial charge in [-0.3, -0.25) is 14.4 Å². The van der Waals surface area contributed by atoms with Crippen LogP contribution >= 0.6 is 0 Å². The Morgan fingerprint density at radius 1 is 1.07 bits per heavy atom. The molecule has 30 heavy (non-hydrogen) atoms. The van der Waals surface area contributed by atoms with E-state index in [4.69, 9.17) is 9.47 Å². The van der Waals surface area contributed by atoms with Crippen molar-refractivity contribution in [3.63, 3.8) is 0 Å². The summed E-state index contributed by atoms with van der Waals surface area (Å²) in [5.74, 6) is 0.104. The highest BCUT2D eigenvalue weighted by molar-refractivity contribution is 6.04. The minimum absolute atomic E-state index is 0.101. The van der Waals surface area contributed by atoms with Crippen molar-refractivity contribution in [1.82, 2.24) is 4.90 Å². The molecule has 1 unspecified atom stereocenters. The molecule has 8 heteroatoms. The molecule has 0 aliphatic carbocycles. The second-order valence-electron chi connectivity index (χ2n) is 7.21. The van der Waals surface area contributed by atoms with Crippen molar-refractivity contribution >= 4 is 29.1 Å². The van der Waals surface area contributed by atoms with Crippen LogP contribution in [-0.4, -0.2) is 57.5 Å². The molecule has 0 spiro atoms. The van der Waals surface area contributed by atoms with Crippen molar-refractivity contribution in [1.29, 1.82) is 0 Å². The molecule has 1 saturated heterocycles. The van der Waals surface area contributed by atoms with Crippen molar-refractivity contribution in [3.05, 3.63) is 48.0 Å². The van der Waals surface area contributed by atoms with Gasteiger partial charge < -0.3 is 24.6 Å². The zero-order valence-corrected chi connectivity index (χ0v) is 17.5. The zero-order chi connectivity index (χ0) is 21.8. The first kappa shape index (κ1) is 21.2. The summed E-state index contributed by atoms with van der Waals surface area (Å²) in [6.07, 6.45) is 0.101. The van der Waals surface area contributed by atoms with E-state index in [-0.39, 0.29) is 30.7 Å². The number of nitrogens with zero attached hydrogens (tertiary/aromatic N) is 2. The van der Waals surface area contributed by atoms with Crippen LogP contribution in [-0.2, 0) is 9.59 Å². The smallest absolute Gasteiger partial charge is 0.253 e. The highest BCUT2D eigenvalue weighted by Gasteiger charge is 2.36. The molecule has 2 aromatic rings. The van der Waals surface area contributed by atoms with Crippen LogP contribution in [0.1, 0.15) is 16.8 Å². The third-order valence-electron chi connectivity index (χ3n) is 4.98. The monoisotopic (exact) mass is 411 g/mol. The van der Waals surface area contributed by atoms with Crippen LogP contribution in [0.3, 0.4) is 0 Å². The van der Waals surface area contributed by atoms with E-state index >= 15 is 0 Å². The average molecular weight is 411 g/mol. The van der Waals surface area contributed by atoms with Gasteiger partial charge >= 0.3 is 0 Å². The van der Waals surface area contributed by atoms with Crippen LogP contribution in [0.25, 0.3) is 0 Å². The number of hydrogen-bond acceptors (Lipinski definition) is 5. The lowest BCUT2D eigenvalue weighted by Gasteiger charge is -2.20. The fourth-order valence-electron chi connectivity index (χ4n) is 3.32. The Hall–Kier alpha value is -3.55. The summed E-state index contributed by atoms with van der Waals surface area (Å²) in [4.78, 5) is 40.3. The number of benzene rings is 2. The number of ether oxygens (including phenoxy) is 2. The molecule has 1 atom stereocenters. The lowest BCUT2D eigenvalue weighted by Crippen LogP contribution is -2.28. The van der Waals surface area contributed by atoms with E-state index in [9.17, 15) is 14.4 Å². The fourth-order valence-corrected chi connectivity index (χ4v) is 3.32. The first-order valence-electron chi connectivity index (χ1n) is 9.49. The summed E-state index contributed by atoms with van der Waals surface area (Å²) in [7, 11) is 6.43. The van der Waals surface area contributed by atoms with Gasteiger partial charge in [0.2, 0.25) is 11.8 Å². The molecular formula is C22H25N3O5. The third kappa shape index (κ3) is 4.37. The van der Waals surface area contributed by atoms with Crippen LogP contribution in [0, 0.1) is 5.92 Å². The van der Waals surface area contributed by atoms with Gasteiger partial charge in [-0.1, -0.05) is 0 Å². The Kier molecular flexibility index (Phi) is 6.25. The number of carbonyl (C=O) groups is 3. The summed E-state index contributed by atoms with van der Waals surface area (Å²) in [6.45, 7) is 0.241. The number of methoxy groups -OCH3 is 2.